The molecular weight excluding hydrogens is 393 g/mol. The number of hydrogen-bond donors (Lipinski definition) is 3. The zero-order chi connectivity index (χ0) is 18.2. The Balaban J connectivity index is 1.72. The van der Waals surface area contributed by atoms with Crippen molar-refractivity contribution in [2.75, 3.05) is 6.54 Å². The van der Waals surface area contributed by atoms with Crippen molar-refractivity contribution >= 4 is 33.7 Å². The topological polar surface area (TPSA) is 87.3 Å². The third-order valence-electron chi connectivity index (χ3n) is 3.12. The first-order valence-corrected chi connectivity index (χ1v) is 8.09. The predicted octanol–water partition coefficient (Wildman–Crippen LogP) is 1.71. The third kappa shape index (κ3) is 6.34. The second-order valence-corrected chi connectivity index (χ2v) is 6.01. The first kappa shape index (κ1) is 18.6. The van der Waals surface area contributed by atoms with E-state index in [0.717, 1.165) is 4.47 Å². The first-order chi connectivity index (χ1) is 11.9. The molecule has 6 nitrogen and oxygen atoms in total. The van der Waals surface area contributed by atoms with Gasteiger partial charge in [0.05, 0.1) is 13.0 Å². The van der Waals surface area contributed by atoms with Crippen LogP contribution in [0.15, 0.2) is 53.0 Å². The quantitative estimate of drug-likeness (QED) is 0.659. The van der Waals surface area contributed by atoms with Crippen molar-refractivity contribution in [2.24, 2.45) is 0 Å². The van der Waals surface area contributed by atoms with Gasteiger partial charge in [0.2, 0.25) is 5.91 Å². The number of hydrazine groups is 1. The summed E-state index contributed by atoms with van der Waals surface area (Å²) in [5.41, 5.74) is 5.32. The largest absolute Gasteiger partial charge is 0.347 e. The number of halogens is 2. The summed E-state index contributed by atoms with van der Waals surface area (Å²) < 4.78 is 13.9. The summed E-state index contributed by atoms with van der Waals surface area (Å²) in [7, 11) is 0. The van der Waals surface area contributed by atoms with Crippen molar-refractivity contribution in [1.82, 2.24) is 16.2 Å². The Kier molecular flexibility index (Phi) is 6.64. The molecule has 0 saturated carbocycles. The molecule has 3 N–H and O–H groups in total. The standard InChI is InChI=1S/C17H15BrFN3O3/c18-13-6-4-12(5-7-13)17(25)22-21-16(24)10-20-15(23)9-11-2-1-3-14(19)8-11/h1-8H,9-10H2,(H,20,23)(H,21,24)(H,22,25). The molecule has 0 aliphatic heterocycles. The molecule has 25 heavy (non-hydrogen) atoms. The SMILES string of the molecule is O=C(Cc1cccc(F)c1)NCC(=O)NNC(=O)c1ccc(Br)cc1. The smallest absolute Gasteiger partial charge is 0.269 e. The molecule has 2 rings (SSSR count). The van der Waals surface area contributed by atoms with E-state index in [1.54, 1.807) is 30.3 Å². The summed E-state index contributed by atoms with van der Waals surface area (Å²) in [6.07, 6.45) is -0.0453. The van der Waals surface area contributed by atoms with Crippen LogP contribution in [-0.4, -0.2) is 24.3 Å². The zero-order valence-electron chi connectivity index (χ0n) is 13.0. The molecule has 0 aromatic heterocycles. The number of rotatable bonds is 5. The summed E-state index contributed by atoms with van der Waals surface area (Å²) in [6.45, 7) is -0.311. The summed E-state index contributed by atoms with van der Waals surface area (Å²) in [5.74, 6) is -1.93. The van der Waals surface area contributed by atoms with Crippen molar-refractivity contribution < 1.29 is 18.8 Å². The number of benzene rings is 2. The highest BCUT2D eigenvalue weighted by Gasteiger charge is 2.09. The molecule has 0 fully saturated rings. The normalized spacial score (nSPS) is 10.0. The highest BCUT2D eigenvalue weighted by Crippen LogP contribution is 2.10. The van der Waals surface area contributed by atoms with Gasteiger partial charge < -0.3 is 5.32 Å². The molecule has 2 aromatic rings. The second-order valence-electron chi connectivity index (χ2n) is 5.09. The van der Waals surface area contributed by atoms with Gasteiger partial charge in [-0.3, -0.25) is 25.2 Å². The van der Waals surface area contributed by atoms with E-state index >= 15 is 0 Å². The lowest BCUT2D eigenvalue weighted by Gasteiger charge is -2.08. The Bertz CT molecular complexity index is 781. The average molecular weight is 408 g/mol. The summed E-state index contributed by atoms with van der Waals surface area (Å²) in [4.78, 5) is 35.2. The first-order valence-electron chi connectivity index (χ1n) is 7.30. The maximum atomic E-state index is 13.0. The van der Waals surface area contributed by atoms with Crippen molar-refractivity contribution in [2.45, 2.75) is 6.42 Å². The lowest BCUT2D eigenvalue weighted by molar-refractivity contribution is -0.126. The van der Waals surface area contributed by atoms with Crippen molar-refractivity contribution in [3.8, 4) is 0 Å². The minimum absolute atomic E-state index is 0.0453. The molecule has 0 atom stereocenters. The molecule has 0 spiro atoms. The van der Waals surface area contributed by atoms with Crippen LogP contribution in [0.25, 0.3) is 0 Å². The molecule has 0 aliphatic carbocycles. The van der Waals surface area contributed by atoms with Gasteiger partial charge in [-0.05, 0) is 42.0 Å². The Morgan fingerprint density at radius 3 is 2.36 bits per heavy atom. The summed E-state index contributed by atoms with van der Waals surface area (Å²) >= 11 is 3.26. The van der Waals surface area contributed by atoms with Gasteiger partial charge in [-0.15, -0.1) is 0 Å². The van der Waals surface area contributed by atoms with Crippen LogP contribution in [0.5, 0.6) is 0 Å². The fraction of sp³-hybridized carbons (Fsp3) is 0.118. The Labute approximate surface area is 151 Å². The van der Waals surface area contributed by atoms with E-state index in [1.807, 2.05) is 0 Å². The van der Waals surface area contributed by atoms with Crippen LogP contribution >= 0.6 is 15.9 Å². The van der Waals surface area contributed by atoms with Gasteiger partial charge in [0.1, 0.15) is 5.82 Å². The minimum atomic E-state index is -0.585. The van der Waals surface area contributed by atoms with Crippen LogP contribution in [0.3, 0.4) is 0 Å². The number of carbonyl (C=O) groups excluding carboxylic acids is 3. The van der Waals surface area contributed by atoms with Gasteiger partial charge in [-0.2, -0.15) is 0 Å². The molecule has 0 saturated heterocycles. The van der Waals surface area contributed by atoms with Gasteiger partial charge in [0.15, 0.2) is 0 Å². The summed E-state index contributed by atoms with van der Waals surface area (Å²) in [5, 5.41) is 2.39. The zero-order valence-corrected chi connectivity index (χ0v) is 14.6. The van der Waals surface area contributed by atoms with Gasteiger partial charge in [0.25, 0.3) is 11.8 Å². The van der Waals surface area contributed by atoms with Crippen LogP contribution in [0, 0.1) is 5.82 Å². The highest BCUT2D eigenvalue weighted by atomic mass is 79.9. The summed E-state index contributed by atoms with van der Waals surface area (Å²) in [6, 6.07) is 12.2. The van der Waals surface area contributed by atoms with E-state index in [2.05, 4.69) is 32.1 Å². The van der Waals surface area contributed by atoms with E-state index in [0.29, 0.717) is 11.1 Å². The lowest BCUT2D eigenvalue weighted by Crippen LogP contribution is -2.46. The van der Waals surface area contributed by atoms with Crippen LogP contribution in [0.2, 0.25) is 0 Å². The molecular formula is C17H15BrFN3O3. The molecule has 130 valence electrons. The van der Waals surface area contributed by atoms with E-state index in [1.165, 1.54) is 18.2 Å². The van der Waals surface area contributed by atoms with Gasteiger partial charge in [0, 0.05) is 10.0 Å². The van der Waals surface area contributed by atoms with Crippen molar-refractivity contribution in [1.29, 1.82) is 0 Å². The molecule has 0 bridgehead atoms. The maximum Gasteiger partial charge on any atom is 0.269 e. The molecule has 8 heteroatoms. The van der Waals surface area contributed by atoms with Gasteiger partial charge in [-0.1, -0.05) is 28.1 Å². The van der Waals surface area contributed by atoms with Crippen LogP contribution < -0.4 is 16.2 Å². The van der Waals surface area contributed by atoms with E-state index in [-0.39, 0.29) is 13.0 Å². The molecule has 0 aliphatic rings. The van der Waals surface area contributed by atoms with Crippen molar-refractivity contribution in [3.63, 3.8) is 0 Å². The second kappa shape index (κ2) is 8.93. The predicted molar refractivity (Wildman–Crippen MR) is 92.9 cm³/mol. The Morgan fingerprint density at radius 1 is 0.960 bits per heavy atom. The molecule has 0 radical (unpaired) electrons. The van der Waals surface area contributed by atoms with E-state index in [4.69, 9.17) is 0 Å². The Morgan fingerprint density at radius 2 is 1.68 bits per heavy atom. The minimum Gasteiger partial charge on any atom is -0.347 e. The number of nitrogens with one attached hydrogen (secondary N) is 3. The fourth-order valence-electron chi connectivity index (χ4n) is 1.92. The number of carbonyl (C=O) groups is 3. The molecule has 2 aromatic carbocycles. The monoisotopic (exact) mass is 407 g/mol. The average Bonchev–Trinajstić information content (AvgIpc) is 2.58. The van der Waals surface area contributed by atoms with Crippen LogP contribution in [-0.2, 0) is 16.0 Å². The highest BCUT2D eigenvalue weighted by molar-refractivity contribution is 9.10. The van der Waals surface area contributed by atoms with E-state index < -0.39 is 23.5 Å². The van der Waals surface area contributed by atoms with Gasteiger partial charge >= 0.3 is 0 Å². The fourth-order valence-corrected chi connectivity index (χ4v) is 2.18. The lowest BCUT2D eigenvalue weighted by atomic mass is 10.1. The number of amides is 3. The van der Waals surface area contributed by atoms with E-state index in [9.17, 15) is 18.8 Å². The molecule has 3 amide bonds. The number of hydrogen-bond acceptors (Lipinski definition) is 3. The molecule has 0 heterocycles. The van der Waals surface area contributed by atoms with Crippen LogP contribution in [0.4, 0.5) is 4.39 Å². The Hall–Kier alpha value is -2.74. The molecule has 0 unspecified atom stereocenters. The third-order valence-corrected chi connectivity index (χ3v) is 3.65. The van der Waals surface area contributed by atoms with Crippen molar-refractivity contribution in [3.05, 3.63) is 69.9 Å². The maximum absolute atomic E-state index is 13.0. The van der Waals surface area contributed by atoms with Crippen LogP contribution in [0.1, 0.15) is 15.9 Å². The van der Waals surface area contributed by atoms with Gasteiger partial charge in [-0.25, -0.2) is 4.39 Å².